The molecule has 0 unspecified atom stereocenters. The Balaban J connectivity index is 3.09. The molecule has 0 heterocycles. The summed E-state index contributed by atoms with van der Waals surface area (Å²) in [6.07, 6.45) is -2.67. The molecule has 0 radical (unpaired) electrons. The number of rotatable bonds is 4. The number of halogens is 4. The number of benzene rings is 1. The molecule has 0 atom stereocenters. The number of carbonyl (C=O) groups is 1. The van der Waals surface area contributed by atoms with Gasteiger partial charge in [0.2, 0.25) is 0 Å². The number of alkyl halides is 3. The second-order valence-corrected chi connectivity index (χ2v) is 5.81. The first-order valence-corrected chi connectivity index (χ1v) is 7.57. The standard InChI is InChI=1S/C12H13BrF3NOS/c1-17(5-6-19-2)11(18)9-4-3-8(13)7-10(9)12(14,15)16/h3-4,7H,5-6H2,1-2H3. The molecule has 0 bridgehead atoms. The molecule has 0 saturated carbocycles. The molecule has 0 aliphatic rings. The summed E-state index contributed by atoms with van der Waals surface area (Å²) in [4.78, 5) is 13.3. The van der Waals surface area contributed by atoms with Crippen molar-refractivity contribution in [1.82, 2.24) is 4.90 Å². The molecule has 0 spiro atoms. The van der Waals surface area contributed by atoms with Crippen molar-refractivity contribution < 1.29 is 18.0 Å². The van der Waals surface area contributed by atoms with E-state index in [1.807, 2.05) is 6.26 Å². The molecule has 1 rings (SSSR count). The third-order valence-electron chi connectivity index (χ3n) is 2.49. The summed E-state index contributed by atoms with van der Waals surface area (Å²) in [5, 5.41) is 0. The molecular weight excluding hydrogens is 343 g/mol. The normalized spacial score (nSPS) is 11.5. The Kier molecular flexibility index (Phi) is 5.73. The van der Waals surface area contributed by atoms with Crippen LogP contribution in [0.1, 0.15) is 15.9 Å². The molecule has 1 aromatic rings. The second-order valence-electron chi connectivity index (χ2n) is 3.91. The number of thioether (sulfide) groups is 1. The Morgan fingerprint density at radius 2 is 2.05 bits per heavy atom. The Labute approximate surface area is 122 Å². The minimum atomic E-state index is -4.55. The van der Waals surface area contributed by atoms with Crippen molar-refractivity contribution in [3.63, 3.8) is 0 Å². The van der Waals surface area contributed by atoms with E-state index >= 15 is 0 Å². The van der Waals surface area contributed by atoms with E-state index in [9.17, 15) is 18.0 Å². The zero-order valence-corrected chi connectivity index (χ0v) is 12.8. The van der Waals surface area contributed by atoms with E-state index in [0.29, 0.717) is 16.8 Å². The van der Waals surface area contributed by atoms with E-state index in [1.165, 1.54) is 35.8 Å². The molecule has 1 amide bonds. The minimum Gasteiger partial charge on any atom is -0.341 e. The van der Waals surface area contributed by atoms with Crippen molar-refractivity contribution >= 4 is 33.6 Å². The van der Waals surface area contributed by atoms with Crippen LogP contribution >= 0.6 is 27.7 Å². The number of carbonyl (C=O) groups excluding carboxylic acids is 1. The molecule has 0 aromatic heterocycles. The predicted molar refractivity (Wildman–Crippen MR) is 74.5 cm³/mol. The molecule has 2 nitrogen and oxygen atoms in total. The summed E-state index contributed by atoms with van der Waals surface area (Å²) in [6.45, 7) is 0.410. The van der Waals surface area contributed by atoms with E-state index in [1.54, 1.807) is 0 Å². The summed E-state index contributed by atoms with van der Waals surface area (Å²) in [5.41, 5.74) is -1.23. The summed E-state index contributed by atoms with van der Waals surface area (Å²) < 4.78 is 39.0. The Morgan fingerprint density at radius 1 is 1.42 bits per heavy atom. The van der Waals surface area contributed by atoms with Gasteiger partial charge in [-0.05, 0) is 24.5 Å². The topological polar surface area (TPSA) is 20.3 Å². The fourth-order valence-electron chi connectivity index (χ4n) is 1.47. The quantitative estimate of drug-likeness (QED) is 0.816. The fraction of sp³-hybridized carbons (Fsp3) is 0.417. The van der Waals surface area contributed by atoms with Gasteiger partial charge in [-0.25, -0.2) is 0 Å². The van der Waals surface area contributed by atoms with E-state index < -0.39 is 17.6 Å². The Hall–Kier alpha value is -0.690. The first-order valence-electron chi connectivity index (χ1n) is 5.38. The molecule has 106 valence electrons. The highest BCUT2D eigenvalue weighted by Gasteiger charge is 2.36. The number of hydrogen-bond donors (Lipinski definition) is 0. The zero-order chi connectivity index (χ0) is 14.6. The van der Waals surface area contributed by atoms with Crippen LogP contribution < -0.4 is 0 Å². The van der Waals surface area contributed by atoms with Gasteiger partial charge in [-0.15, -0.1) is 0 Å². The molecule has 7 heteroatoms. The lowest BCUT2D eigenvalue weighted by atomic mass is 10.1. The van der Waals surface area contributed by atoms with Crippen LogP contribution in [0.2, 0.25) is 0 Å². The molecular formula is C12H13BrF3NOS. The number of nitrogens with zero attached hydrogens (tertiary/aromatic N) is 1. The smallest absolute Gasteiger partial charge is 0.341 e. The third-order valence-corrected chi connectivity index (χ3v) is 3.58. The molecule has 0 aliphatic heterocycles. The zero-order valence-electron chi connectivity index (χ0n) is 10.4. The first-order chi connectivity index (χ1) is 8.77. The molecule has 0 N–H and O–H groups in total. The van der Waals surface area contributed by atoms with Crippen LogP contribution in [0.5, 0.6) is 0 Å². The molecule has 0 fully saturated rings. The third kappa shape index (κ3) is 4.42. The highest BCUT2D eigenvalue weighted by atomic mass is 79.9. The van der Waals surface area contributed by atoms with Crippen LogP contribution in [-0.2, 0) is 6.18 Å². The van der Waals surface area contributed by atoms with Crippen LogP contribution in [0.3, 0.4) is 0 Å². The second kappa shape index (κ2) is 6.65. The fourth-order valence-corrected chi connectivity index (χ4v) is 2.29. The Morgan fingerprint density at radius 3 is 2.58 bits per heavy atom. The predicted octanol–water partition coefficient (Wildman–Crippen LogP) is 3.90. The number of amides is 1. The summed E-state index contributed by atoms with van der Waals surface area (Å²) >= 11 is 4.52. The maximum absolute atomic E-state index is 12.9. The van der Waals surface area contributed by atoms with Gasteiger partial charge in [-0.1, -0.05) is 15.9 Å². The lowest BCUT2D eigenvalue weighted by Gasteiger charge is -2.19. The SMILES string of the molecule is CSCCN(C)C(=O)c1ccc(Br)cc1C(F)(F)F. The van der Waals surface area contributed by atoms with E-state index in [0.717, 1.165) is 6.07 Å². The molecule has 0 aliphatic carbocycles. The maximum Gasteiger partial charge on any atom is 0.417 e. The molecule has 1 aromatic carbocycles. The lowest BCUT2D eigenvalue weighted by Crippen LogP contribution is -2.30. The van der Waals surface area contributed by atoms with Crippen molar-refractivity contribution in [2.24, 2.45) is 0 Å². The van der Waals surface area contributed by atoms with Crippen molar-refractivity contribution in [2.45, 2.75) is 6.18 Å². The first kappa shape index (κ1) is 16.4. The van der Waals surface area contributed by atoms with Crippen LogP contribution in [-0.4, -0.2) is 36.4 Å². The minimum absolute atomic E-state index is 0.295. The average Bonchev–Trinajstić information content (AvgIpc) is 2.34. The summed E-state index contributed by atoms with van der Waals surface area (Å²) in [6, 6.07) is 3.56. The maximum atomic E-state index is 12.9. The van der Waals surface area contributed by atoms with Gasteiger partial charge in [0.05, 0.1) is 11.1 Å². The molecule has 19 heavy (non-hydrogen) atoms. The lowest BCUT2D eigenvalue weighted by molar-refractivity contribution is -0.138. The van der Waals surface area contributed by atoms with Crippen LogP contribution in [0.4, 0.5) is 13.2 Å². The monoisotopic (exact) mass is 355 g/mol. The van der Waals surface area contributed by atoms with Crippen LogP contribution in [0.15, 0.2) is 22.7 Å². The van der Waals surface area contributed by atoms with Crippen molar-refractivity contribution in [3.05, 3.63) is 33.8 Å². The van der Waals surface area contributed by atoms with Crippen LogP contribution in [0.25, 0.3) is 0 Å². The van der Waals surface area contributed by atoms with Gasteiger partial charge >= 0.3 is 6.18 Å². The van der Waals surface area contributed by atoms with Crippen molar-refractivity contribution in [1.29, 1.82) is 0 Å². The Bertz CT molecular complexity index is 465. The van der Waals surface area contributed by atoms with Gasteiger partial charge in [0.15, 0.2) is 0 Å². The van der Waals surface area contributed by atoms with E-state index in [4.69, 9.17) is 0 Å². The summed E-state index contributed by atoms with van der Waals surface area (Å²) in [5.74, 6) is 0.0639. The van der Waals surface area contributed by atoms with Crippen molar-refractivity contribution in [2.75, 3.05) is 25.6 Å². The summed E-state index contributed by atoms with van der Waals surface area (Å²) in [7, 11) is 1.50. The van der Waals surface area contributed by atoms with E-state index in [2.05, 4.69) is 15.9 Å². The van der Waals surface area contributed by atoms with Gasteiger partial charge in [0.1, 0.15) is 0 Å². The van der Waals surface area contributed by atoms with Gasteiger partial charge in [0.25, 0.3) is 5.91 Å². The molecule has 0 saturated heterocycles. The van der Waals surface area contributed by atoms with Gasteiger partial charge in [0, 0.05) is 23.8 Å². The van der Waals surface area contributed by atoms with Gasteiger partial charge in [-0.2, -0.15) is 24.9 Å². The average molecular weight is 356 g/mol. The van der Waals surface area contributed by atoms with Crippen molar-refractivity contribution in [3.8, 4) is 0 Å². The highest BCUT2D eigenvalue weighted by Crippen LogP contribution is 2.34. The largest absolute Gasteiger partial charge is 0.417 e. The van der Waals surface area contributed by atoms with Gasteiger partial charge < -0.3 is 4.90 Å². The van der Waals surface area contributed by atoms with Gasteiger partial charge in [-0.3, -0.25) is 4.79 Å². The van der Waals surface area contributed by atoms with Crippen LogP contribution in [0, 0.1) is 0 Å². The highest BCUT2D eigenvalue weighted by molar-refractivity contribution is 9.10. The van der Waals surface area contributed by atoms with E-state index in [-0.39, 0.29) is 5.56 Å². The number of hydrogen-bond acceptors (Lipinski definition) is 2.